The van der Waals surface area contributed by atoms with Crippen molar-refractivity contribution >= 4 is 44.8 Å². The fourth-order valence-electron chi connectivity index (χ4n) is 1.55. The molecule has 0 saturated heterocycles. The Labute approximate surface area is 127 Å². The molecule has 0 N–H and O–H groups in total. The topological polar surface area (TPSA) is 57.0 Å². The molecule has 0 aliphatic rings. The van der Waals surface area contributed by atoms with Gasteiger partial charge in [0.15, 0.2) is 5.69 Å². The first-order chi connectivity index (χ1) is 9.15. The predicted octanol–water partition coefficient (Wildman–Crippen LogP) is 3.07. The second kappa shape index (κ2) is 6.49. The van der Waals surface area contributed by atoms with Gasteiger partial charge in [-0.1, -0.05) is 5.21 Å². The molecule has 8 heteroatoms. The van der Waals surface area contributed by atoms with Gasteiger partial charge in [-0.2, -0.15) is 0 Å². The van der Waals surface area contributed by atoms with Crippen molar-refractivity contribution < 1.29 is 9.53 Å². The smallest absolute Gasteiger partial charge is 0.360 e. The van der Waals surface area contributed by atoms with Gasteiger partial charge in [-0.25, -0.2) is 9.48 Å². The Bertz CT molecular complexity index is 584. The van der Waals surface area contributed by atoms with Crippen molar-refractivity contribution in [3.05, 3.63) is 32.2 Å². The van der Waals surface area contributed by atoms with Gasteiger partial charge in [0.2, 0.25) is 0 Å². The Hall–Kier alpha value is -0.920. The van der Waals surface area contributed by atoms with Gasteiger partial charge in [0.25, 0.3) is 0 Å². The molecular formula is C11H11BrClN3O2S. The molecular weight excluding hydrogens is 354 g/mol. The maximum absolute atomic E-state index is 11.7. The highest BCUT2D eigenvalue weighted by atomic mass is 79.9. The zero-order valence-electron chi connectivity index (χ0n) is 10.1. The van der Waals surface area contributed by atoms with Crippen LogP contribution in [0.15, 0.2) is 15.2 Å². The highest BCUT2D eigenvalue weighted by molar-refractivity contribution is 9.11. The van der Waals surface area contributed by atoms with Crippen LogP contribution in [0.25, 0.3) is 0 Å². The zero-order chi connectivity index (χ0) is 13.8. The molecule has 2 aromatic heterocycles. The number of hydrogen-bond donors (Lipinski definition) is 0. The highest BCUT2D eigenvalue weighted by Crippen LogP contribution is 2.22. The lowest BCUT2D eigenvalue weighted by Gasteiger charge is -2.03. The molecule has 2 rings (SSSR count). The first kappa shape index (κ1) is 14.5. The summed E-state index contributed by atoms with van der Waals surface area (Å²) in [6, 6.07) is 1.99. The van der Waals surface area contributed by atoms with E-state index in [0.717, 1.165) is 9.35 Å². The van der Waals surface area contributed by atoms with Crippen molar-refractivity contribution in [1.29, 1.82) is 0 Å². The van der Waals surface area contributed by atoms with E-state index >= 15 is 0 Å². The van der Waals surface area contributed by atoms with Crippen molar-refractivity contribution in [3.8, 4) is 0 Å². The summed E-state index contributed by atoms with van der Waals surface area (Å²) in [6.07, 6.45) is 0. The molecule has 0 saturated carbocycles. The van der Waals surface area contributed by atoms with Gasteiger partial charge in [-0.15, -0.1) is 28.0 Å². The third kappa shape index (κ3) is 3.34. The zero-order valence-corrected chi connectivity index (χ0v) is 13.3. The van der Waals surface area contributed by atoms with E-state index in [9.17, 15) is 4.79 Å². The average Bonchev–Trinajstić information content (AvgIpc) is 2.96. The number of aromatic nitrogens is 3. The number of nitrogens with zero attached hydrogens (tertiary/aromatic N) is 3. The van der Waals surface area contributed by atoms with Crippen molar-refractivity contribution in [2.45, 2.75) is 19.3 Å². The Morgan fingerprint density at radius 2 is 2.42 bits per heavy atom. The number of esters is 1. The summed E-state index contributed by atoms with van der Waals surface area (Å²) in [4.78, 5) is 11.7. The van der Waals surface area contributed by atoms with Crippen LogP contribution in [0.5, 0.6) is 0 Å². The molecule has 5 nitrogen and oxygen atoms in total. The van der Waals surface area contributed by atoms with Crippen molar-refractivity contribution in [2.24, 2.45) is 0 Å². The maximum Gasteiger partial charge on any atom is 0.360 e. The van der Waals surface area contributed by atoms with E-state index in [-0.39, 0.29) is 11.6 Å². The number of thiophene rings is 1. The number of carbonyl (C=O) groups excluding carboxylic acids is 1. The maximum atomic E-state index is 11.7. The lowest BCUT2D eigenvalue weighted by molar-refractivity contribution is 0.0518. The Kier molecular flexibility index (Phi) is 4.95. The van der Waals surface area contributed by atoms with Crippen molar-refractivity contribution in [1.82, 2.24) is 15.0 Å². The van der Waals surface area contributed by atoms with Crippen LogP contribution < -0.4 is 0 Å². The first-order valence-corrected chi connectivity index (χ1v) is 7.74. The fraction of sp³-hybridized carbons (Fsp3) is 0.364. The summed E-state index contributed by atoms with van der Waals surface area (Å²) in [6.45, 7) is 2.56. The molecule has 0 unspecified atom stereocenters. The fourth-order valence-corrected chi connectivity index (χ4v) is 3.02. The van der Waals surface area contributed by atoms with E-state index in [4.69, 9.17) is 16.3 Å². The second-order valence-corrected chi connectivity index (χ2v) is 6.21. The first-order valence-electron chi connectivity index (χ1n) is 5.54. The number of carbonyl (C=O) groups is 1. The molecule has 19 heavy (non-hydrogen) atoms. The second-order valence-electron chi connectivity index (χ2n) is 3.66. The summed E-state index contributed by atoms with van der Waals surface area (Å²) in [5, 5.41) is 9.83. The predicted molar refractivity (Wildman–Crippen MR) is 76.7 cm³/mol. The number of hydrogen-bond acceptors (Lipinski definition) is 5. The Morgan fingerprint density at radius 1 is 1.63 bits per heavy atom. The van der Waals surface area contributed by atoms with Crippen LogP contribution in [0.4, 0.5) is 0 Å². The highest BCUT2D eigenvalue weighted by Gasteiger charge is 2.20. The quantitative estimate of drug-likeness (QED) is 0.604. The Balaban J connectivity index is 2.24. The molecule has 0 atom stereocenters. The standard InChI is InChI=1S/C11H11BrClN3O2S/c1-2-18-11(17)10-8(4-13)16(15-14-10)5-7-3-9(12)19-6-7/h3,6H,2,4-5H2,1H3. The number of halogens is 2. The van der Waals surface area contributed by atoms with E-state index in [0.29, 0.717) is 18.8 Å². The van der Waals surface area contributed by atoms with Gasteiger partial charge in [-0.05, 0) is 39.9 Å². The molecule has 0 spiro atoms. The molecule has 0 aromatic carbocycles. The monoisotopic (exact) mass is 363 g/mol. The van der Waals surface area contributed by atoms with Gasteiger partial charge >= 0.3 is 5.97 Å². The molecule has 0 aliphatic carbocycles. The summed E-state index contributed by atoms with van der Waals surface area (Å²) < 4.78 is 7.58. The van der Waals surface area contributed by atoms with Gasteiger partial charge < -0.3 is 4.74 Å². The summed E-state index contributed by atoms with van der Waals surface area (Å²) >= 11 is 10.9. The van der Waals surface area contributed by atoms with Crippen LogP contribution >= 0.6 is 38.9 Å². The van der Waals surface area contributed by atoms with E-state index in [1.54, 1.807) is 22.9 Å². The minimum absolute atomic E-state index is 0.159. The molecule has 0 aliphatic heterocycles. The van der Waals surface area contributed by atoms with Gasteiger partial charge in [-0.3, -0.25) is 0 Å². The molecule has 2 heterocycles. The lowest BCUT2D eigenvalue weighted by atomic mass is 10.3. The van der Waals surface area contributed by atoms with Crippen LogP contribution in [0.3, 0.4) is 0 Å². The van der Waals surface area contributed by atoms with E-state index < -0.39 is 5.97 Å². The van der Waals surface area contributed by atoms with Crippen molar-refractivity contribution in [2.75, 3.05) is 6.61 Å². The number of alkyl halides is 1. The number of rotatable bonds is 5. The van der Waals surface area contributed by atoms with E-state index in [1.807, 2.05) is 11.4 Å². The van der Waals surface area contributed by atoms with E-state index in [1.165, 1.54) is 0 Å². The Morgan fingerprint density at radius 3 is 3.00 bits per heavy atom. The summed E-state index contributed by atoms with van der Waals surface area (Å²) in [5.41, 5.74) is 1.83. The van der Waals surface area contributed by atoms with Crippen LogP contribution in [0.1, 0.15) is 28.7 Å². The summed E-state index contributed by atoms with van der Waals surface area (Å²) in [7, 11) is 0. The van der Waals surface area contributed by atoms with Crippen LogP contribution in [-0.4, -0.2) is 27.6 Å². The molecule has 0 radical (unpaired) electrons. The van der Waals surface area contributed by atoms with Crippen LogP contribution in [0.2, 0.25) is 0 Å². The third-order valence-corrected chi connectivity index (χ3v) is 4.19. The SMILES string of the molecule is CCOC(=O)c1nnn(Cc2csc(Br)c2)c1CCl. The minimum Gasteiger partial charge on any atom is -0.461 e. The molecule has 0 amide bonds. The normalized spacial score (nSPS) is 10.7. The van der Waals surface area contributed by atoms with Gasteiger partial charge in [0, 0.05) is 0 Å². The minimum atomic E-state index is -0.490. The van der Waals surface area contributed by atoms with E-state index in [2.05, 4.69) is 26.2 Å². The van der Waals surface area contributed by atoms with Gasteiger partial charge in [0.1, 0.15) is 0 Å². The van der Waals surface area contributed by atoms with Crippen LogP contribution in [0, 0.1) is 0 Å². The lowest BCUT2D eigenvalue weighted by Crippen LogP contribution is -2.10. The third-order valence-electron chi connectivity index (χ3n) is 2.39. The van der Waals surface area contributed by atoms with Crippen LogP contribution in [-0.2, 0) is 17.2 Å². The summed E-state index contributed by atoms with van der Waals surface area (Å²) in [5.74, 6) is -0.331. The number of ether oxygens (including phenoxy) is 1. The largest absolute Gasteiger partial charge is 0.461 e. The molecule has 102 valence electrons. The molecule has 0 bridgehead atoms. The molecule has 0 fully saturated rings. The van der Waals surface area contributed by atoms with Crippen molar-refractivity contribution in [3.63, 3.8) is 0 Å². The average molecular weight is 365 g/mol. The van der Waals surface area contributed by atoms with Gasteiger partial charge in [0.05, 0.1) is 28.5 Å². The molecule has 2 aromatic rings.